The predicted molar refractivity (Wildman–Crippen MR) is 93.2 cm³/mol. The van der Waals surface area contributed by atoms with Gasteiger partial charge >= 0.3 is 6.03 Å². The molecule has 1 unspecified atom stereocenters. The highest BCUT2D eigenvalue weighted by atomic mass is 35.5. The Kier molecular flexibility index (Phi) is 4.73. The van der Waals surface area contributed by atoms with E-state index < -0.39 is 12.1 Å². The molecule has 3 N–H and O–H groups in total. The normalized spacial score (nSPS) is 16.7. The number of amides is 3. The molecule has 0 bridgehead atoms. The highest BCUT2D eigenvalue weighted by Crippen LogP contribution is 2.30. The van der Waals surface area contributed by atoms with Gasteiger partial charge in [0.15, 0.2) is 0 Å². The number of anilines is 2. The number of hydrogen-bond acceptors (Lipinski definition) is 3. The van der Waals surface area contributed by atoms with Crippen LogP contribution in [0.3, 0.4) is 0 Å². The third-order valence-corrected chi connectivity index (χ3v) is 4.66. The molecule has 0 spiro atoms. The number of urea groups is 1. The lowest BCUT2D eigenvalue weighted by molar-refractivity contribution is -0.117. The third-order valence-electron chi connectivity index (χ3n) is 3.25. The Morgan fingerprint density at radius 2 is 2.04 bits per heavy atom. The molecule has 23 heavy (non-hydrogen) atoms. The number of thioether (sulfide) groups is 1. The number of benzene rings is 2. The van der Waals surface area contributed by atoms with Crippen LogP contribution in [0.15, 0.2) is 53.4 Å². The molecule has 0 aromatic heterocycles. The van der Waals surface area contributed by atoms with Crippen molar-refractivity contribution in [2.75, 3.05) is 16.4 Å². The molecule has 3 rings (SSSR count). The van der Waals surface area contributed by atoms with Crippen LogP contribution in [0.2, 0.25) is 5.02 Å². The van der Waals surface area contributed by atoms with Gasteiger partial charge in [-0.15, -0.1) is 11.8 Å². The maximum absolute atomic E-state index is 12.2. The minimum Gasteiger partial charge on any atom is -0.325 e. The Hall–Kier alpha value is -2.18. The largest absolute Gasteiger partial charge is 0.325 e. The fourth-order valence-corrected chi connectivity index (χ4v) is 3.38. The fraction of sp³-hybridized carbons (Fsp3) is 0.125. The minimum absolute atomic E-state index is 0.233. The van der Waals surface area contributed by atoms with Crippen molar-refractivity contribution in [3.8, 4) is 0 Å². The van der Waals surface area contributed by atoms with E-state index in [1.807, 2.05) is 24.3 Å². The van der Waals surface area contributed by atoms with E-state index in [-0.39, 0.29) is 5.91 Å². The number of para-hydroxylation sites is 1. The molecule has 1 aliphatic rings. The Bertz CT molecular complexity index is 754. The van der Waals surface area contributed by atoms with Crippen molar-refractivity contribution in [3.63, 3.8) is 0 Å². The summed E-state index contributed by atoms with van der Waals surface area (Å²) in [5.41, 5.74) is 1.34. The number of nitrogens with one attached hydrogen (secondary N) is 3. The average Bonchev–Trinajstić information content (AvgIpc) is 2.67. The maximum Gasteiger partial charge on any atom is 0.319 e. The number of fused-ring (bicyclic) bond motifs is 1. The van der Waals surface area contributed by atoms with Crippen LogP contribution in [0.4, 0.5) is 16.2 Å². The number of halogens is 1. The van der Waals surface area contributed by atoms with E-state index in [2.05, 4.69) is 16.0 Å². The molecule has 0 radical (unpaired) electrons. The Balaban J connectivity index is 1.64. The van der Waals surface area contributed by atoms with Gasteiger partial charge in [-0.25, -0.2) is 4.79 Å². The minimum atomic E-state index is -0.619. The van der Waals surface area contributed by atoms with E-state index in [0.29, 0.717) is 16.5 Å². The van der Waals surface area contributed by atoms with Crippen LogP contribution in [-0.4, -0.2) is 23.7 Å². The molecule has 3 amide bonds. The second kappa shape index (κ2) is 6.93. The predicted octanol–water partition coefficient (Wildman–Crippen LogP) is 3.57. The second-order valence-corrected chi connectivity index (χ2v) is 6.46. The standard InChI is InChI=1S/C16H14ClN3O2S/c17-10-4-3-5-11(8-10)18-16(22)20-13-9-23-14-7-2-1-6-12(14)19-15(13)21/h1-8,13H,9H2,(H,19,21)(H2,18,20,22). The van der Waals surface area contributed by atoms with Crippen LogP contribution in [0.25, 0.3) is 0 Å². The topological polar surface area (TPSA) is 70.2 Å². The molecule has 2 aromatic carbocycles. The number of carbonyl (C=O) groups is 2. The molecule has 5 nitrogen and oxygen atoms in total. The SMILES string of the molecule is O=C(Nc1cccc(Cl)c1)NC1CSc2ccccc2NC1=O. The zero-order valence-electron chi connectivity index (χ0n) is 12.0. The summed E-state index contributed by atoms with van der Waals surface area (Å²) in [4.78, 5) is 25.3. The molecule has 1 atom stereocenters. The van der Waals surface area contributed by atoms with E-state index >= 15 is 0 Å². The first-order chi connectivity index (χ1) is 11.1. The van der Waals surface area contributed by atoms with Crippen LogP contribution in [0.5, 0.6) is 0 Å². The summed E-state index contributed by atoms with van der Waals surface area (Å²) in [5.74, 6) is 0.231. The molecule has 0 saturated carbocycles. The highest BCUT2D eigenvalue weighted by Gasteiger charge is 2.25. The maximum atomic E-state index is 12.2. The number of carbonyl (C=O) groups excluding carboxylic acids is 2. The summed E-state index contributed by atoms with van der Waals surface area (Å²) >= 11 is 7.40. The van der Waals surface area contributed by atoms with Crippen molar-refractivity contribution in [2.24, 2.45) is 0 Å². The summed E-state index contributed by atoms with van der Waals surface area (Å²) < 4.78 is 0. The number of hydrogen-bond donors (Lipinski definition) is 3. The fourth-order valence-electron chi connectivity index (χ4n) is 2.16. The van der Waals surface area contributed by atoms with Gasteiger partial charge in [-0.3, -0.25) is 4.79 Å². The zero-order valence-corrected chi connectivity index (χ0v) is 13.6. The average molecular weight is 348 g/mol. The van der Waals surface area contributed by atoms with Gasteiger partial charge in [0.2, 0.25) is 5.91 Å². The highest BCUT2D eigenvalue weighted by molar-refractivity contribution is 7.99. The molecule has 2 aromatic rings. The van der Waals surface area contributed by atoms with Crippen molar-refractivity contribution in [1.29, 1.82) is 0 Å². The van der Waals surface area contributed by atoms with Crippen LogP contribution in [0, 0.1) is 0 Å². The van der Waals surface area contributed by atoms with Crippen LogP contribution >= 0.6 is 23.4 Å². The van der Waals surface area contributed by atoms with Gasteiger partial charge in [-0.05, 0) is 30.3 Å². The second-order valence-electron chi connectivity index (χ2n) is 4.96. The van der Waals surface area contributed by atoms with E-state index in [1.165, 1.54) is 11.8 Å². The molecule has 0 aliphatic carbocycles. The van der Waals surface area contributed by atoms with E-state index in [9.17, 15) is 9.59 Å². The third kappa shape index (κ3) is 3.97. The molecular formula is C16H14ClN3O2S. The lowest BCUT2D eigenvalue weighted by Gasteiger charge is -2.15. The van der Waals surface area contributed by atoms with Gasteiger partial charge < -0.3 is 16.0 Å². The molecule has 1 aliphatic heterocycles. The van der Waals surface area contributed by atoms with Gasteiger partial charge in [0.1, 0.15) is 6.04 Å². The molecule has 0 fully saturated rings. The molecule has 0 saturated heterocycles. The summed E-state index contributed by atoms with van der Waals surface area (Å²) in [6.07, 6.45) is 0. The van der Waals surface area contributed by atoms with Gasteiger partial charge in [0.25, 0.3) is 0 Å². The van der Waals surface area contributed by atoms with E-state index in [0.717, 1.165) is 10.6 Å². The van der Waals surface area contributed by atoms with Crippen molar-refractivity contribution >= 4 is 46.7 Å². The van der Waals surface area contributed by atoms with Gasteiger partial charge in [-0.2, -0.15) is 0 Å². The van der Waals surface area contributed by atoms with Crippen LogP contribution < -0.4 is 16.0 Å². The molecule has 1 heterocycles. The smallest absolute Gasteiger partial charge is 0.319 e. The van der Waals surface area contributed by atoms with Crippen molar-refractivity contribution < 1.29 is 9.59 Å². The van der Waals surface area contributed by atoms with Crippen molar-refractivity contribution in [2.45, 2.75) is 10.9 Å². The van der Waals surface area contributed by atoms with Crippen LogP contribution in [0.1, 0.15) is 0 Å². The Morgan fingerprint density at radius 1 is 1.22 bits per heavy atom. The van der Waals surface area contributed by atoms with E-state index in [4.69, 9.17) is 11.6 Å². The van der Waals surface area contributed by atoms with Crippen molar-refractivity contribution in [1.82, 2.24) is 5.32 Å². The first-order valence-electron chi connectivity index (χ1n) is 6.97. The quantitative estimate of drug-likeness (QED) is 0.777. The summed E-state index contributed by atoms with van der Waals surface area (Å²) in [7, 11) is 0. The van der Waals surface area contributed by atoms with Gasteiger partial charge in [-0.1, -0.05) is 29.8 Å². The molecular weight excluding hydrogens is 334 g/mol. The summed E-state index contributed by atoms with van der Waals surface area (Å²) in [5, 5.41) is 8.71. The lowest BCUT2D eigenvalue weighted by atomic mass is 10.2. The summed E-state index contributed by atoms with van der Waals surface area (Å²) in [6, 6.07) is 13.3. The van der Waals surface area contributed by atoms with Crippen molar-refractivity contribution in [3.05, 3.63) is 53.6 Å². The summed E-state index contributed by atoms with van der Waals surface area (Å²) in [6.45, 7) is 0. The molecule has 7 heteroatoms. The lowest BCUT2D eigenvalue weighted by Crippen LogP contribution is -2.46. The van der Waals surface area contributed by atoms with E-state index in [1.54, 1.807) is 24.3 Å². The zero-order chi connectivity index (χ0) is 16.2. The molecule has 118 valence electrons. The van der Waals surface area contributed by atoms with Gasteiger partial charge in [0, 0.05) is 21.4 Å². The monoisotopic (exact) mass is 347 g/mol. The number of rotatable bonds is 2. The first-order valence-corrected chi connectivity index (χ1v) is 8.34. The first kappa shape index (κ1) is 15.7. The Morgan fingerprint density at radius 3 is 2.87 bits per heavy atom. The van der Waals surface area contributed by atoms with Gasteiger partial charge in [0.05, 0.1) is 5.69 Å². The Labute approximate surface area is 142 Å². The van der Waals surface area contributed by atoms with Crippen LogP contribution in [-0.2, 0) is 4.79 Å².